The minimum Gasteiger partial charge on any atom is -0.368 e. The normalized spacial score (nSPS) is 19.8. The fourth-order valence-electron chi connectivity index (χ4n) is 2.43. The van der Waals surface area contributed by atoms with Crippen LogP contribution in [0, 0.1) is 0 Å². The first-order chi connectivity index (χ1) is 8.92. The molecule has 1 aliphatic rings. The summed E-state index contributed by atoms with van der Waals surface area (Å²) in [4.78, 5) is 16.0. The molecule has 112 valence electrons. The van der Waals surface area contributed by atoms with E-state index in [0.717, 1.165) is 25.9 Å². The second-order valence-corrected chi connectivity index (χ2v) is 6.09. The molecule has 1 unspecified atom stereocenters. The predicted octanol–water partition coefficient (Wildman–Crippen LogP) is 0.387. The summed E-state index contributed by atoms with van der Waals surface area (Å²) < 4.78 is 0. The lowest BCUT2D eigenvalue weighted by molar-refractivity contribution is -0.122. The molecule has 1 saturated heterocycles. The predicted molar refractivity (Wildman–Crippen MR) is 78.8 cm³/mol. The quantitative estimate of drug-likeness (QED) is 0.594. The molecule has 19 heavy (non-hydrogen) atoms. The van der Waals surface area contributed by atoms with Crippen molar-refractivity contribution in [3.63, 3.8) is 0 Å². The highest BCUT2D eigenvalue weighted by Crippen LogP contribution is 2.10. The molecule has 0 aromatic rings. The van der Waals surface area contributed by atoms with Crippen molar-refractivity contribution < 1.29 is 4.79 Å². The van der Waals surface area contributed by atoms with Gasteiger partial charge in [0.2, 0.25) is 5.91 Å². The fourth-order valence-corrected chi connectivity index (χ4v) is 2.43. The van der Waals surface area contributed by atoms with Gasteiger partial charge in [-0.3, -0.25) is 4.79 Å². The number of likely N-dealkylation sites (tertiary alicyclic amines) is 1. The molecule has 0 bridgehead atoms. The van der Waals surface area contributed by atoms with E-state index in [0.29, 0.717) is 6.42 Å². The number of nitrogens with two attached hydrogens (primary N) is 2. The van der Waals surface area contributed by atoms with Crippen LogP contribution in [-0.4, -0.2) is 61.0 Å². The van der Waals surface area contributed by atoms with E-state index < -0.39 is 11.4 Å². The number of carbonyl (C=O) groups is 1. The third-order valence-electron chi connectivity index (χ3n) is 4.05. The second-order valence-electron chi connectivity index (χ2n) is 6.09. The Morgan fingerprint density at radius 3 is 2.47 bits per heavy atom. The van der Waals surface area contributed by atoms with Crippen molar-refractivity contribution in [1.29, 1.82) is 0 Å². The number of primary amides is 1. The van der Waals surface area contributed by atoms with Gasteiger partial charge in [0.25, 0.3) is 0 Å². The van der Waals surface area contributed by atoms with E-state index in [1.54, 1.807) is 6.92 Å². The van der Waals surface area contributed by atoms with Crippen molar-refractivity contribution in [3.05, 3.63) is 0 Å². The van der Waals surface area contributed by atoms with E-state index in [9.17, 15) is 4.79 Å². The molecule has 1 fully saturated rings. The van der Waals surface area contributed by atoms with Crippen LogP contribution < -0.4 is 11.5 Å². The van der Waals surface area contributed by atoms with E-state index in [-0.39, 0.29) is 0 Å². The average Bonchev–Trinajstić information content (AvgIpc) is 2.85. The number of carbonyl (C=O) groups excluding carboxylic acids is 1. The smallest absolute Gasteiger partial charge is 0.237 e. The van der Waals surface area contributed by atoms with Gasteiger partial charge in [0.15, 0.2) is 0 Å². The molecule has 5 nitrogen and oxygen atoms in total. The van der Waals surface area contributed by atoms with E-state index in [1.165, 1.54) is 32.5 Å². The maximum Gasteiger partial charge on any atom is 0.237 e. The summed E-state index contributed by atoms with van der Waals surface area (Å²) in [5.74, 6) is -0.408. The van der Waals surface area contributed by atoms with Gasteiger partial charge in [-0.2, -0.15) is 0 Å². The van der Waals surface area contributed by atoms with Gasteiger partial charge < -0.3 is 21.3 Å². The van der Waals surface area contributed by atoms with Crippen LogP contribution in [0.15, 0.2) is 0 Å². The van der Waals surface area contributed by atoms with Gasteiger partial charge in [-0.1, -0.05) is 0 Å². The average molecular weight is 270 g/mol. The molecular formula is C14H30N4O. The minimum atomic E-state index is -0.853. The third kappa shape index (κ3) is 6.36. The monoisotopic (exact) mass is 270 g/mol. The summed E-state index contributed by atoms with van der Waals surface area (Å²) >= 11 is 0. The van der Waals surface area contributed by atoms with Crippen molar-refractivity contribution in [2.45, 2.75) is 44.6 Å². The molecule has 5 heteroatoms. The highest BCUT2D eigenvalue weighted by molar-refractivity contribution is 5.83. The Hall–Kier alpha value is -0.650. The van der Waals surface area contributed by atoms with E-state index >= 15 is 0 Å². The van der Waals surface area contributed by atoms with Crippen LogP contribution in [0.4, 0.5) is 0 Å². The zero-order valence-electron chi connectivity index (χ0n) is 12.5. The summed E-state index contributed by atoms with van der Waals surface area (Å²) in [6.45, 7) is 7.59. The van der Waals surface area contributed by atoms with Crippen molar-refractivity contribution in [2.75, 3.05) is 39.8 Å². The third-order valence-corrected chi connectivity index (χ3v) is 4.05. The molecule has 1 rings (SSSR count). The fraction of sp³-hybridized carbons (Fsp3) is 0.929. The molecule has 0 aliphatic carbocycles. The number of nitrogens with zero attached hydrogens (tertiary/aromatic N) is 2. The highest BCUT2D eigenvalue weighted by atomic mass is 16.1. The molecule has 0 radical (unpaired) electrons. The number of hydrogen-bond donors (Lipinski definition) is 2. The molecule has 0 saturated carbocycles. The largest absolute Gasteiger partial charge is 0.368 e. The van der Waals surface area contributed by atoms with Crippen LogP contribution in [0.25, 0.3) is 0 Å². The van der Waals surface area contributed by atoms with Crippen molar-refractivity contribution in [2.24, 2.45) is 11.5 Å². The van der Waals surface area contributed by atoms with Crippen LogP contribution in [0.1, 0.15) is 39.0 Å². The van der Waals surface area contributed by atoms with Crippen molar-refractivity contribution >= 4 is 5.91 Å². The van der Waals surface area contributed by atoms with E-state index in [1.807, 2.05) is 0 Å². The van der Waals surface area contributed by atoms with Gasteiger partial charge in [0.05, 0.1) is 5.54 Å². The zero-order chi connectivity index (χ0) is 14.3. The summed E-state index contributed by atoms with van der Waals surface area (Å²) in [6.07, 6.45) is 5.39. The molecule has 4 N–H and O–H groups in total. The standard InChI is InChI=1S/C14H30N4O/c1-14(16,13(15)19)7-3-4-8-17(2)11-12-18-9-5-6-10-18/h3-12,16H2,1-2H3,(H2,15,19). The van der Waals surface area contributed by atoms with Crippen LogP contribution in [0.2, 0.25) is 0 Å². The number of amides is 1. The number of unbranched alkanes of at least 4 members (excludes halogenated alkanes) is 1. The Morgan fingerprint density at radius 2 is 1.89 bits per heavy atom. The molecule has 1 amide bonds. The SMILES string of the molecule is CN(CCCCC(C)(N)C(N)=O)CCN1CCCC1. The van der Waals surface area contributed by atoms with Crippen LogP contribution in [-0.2, 0) is 4.79 Å². The lowest BCUT2D eigenvalue weighted by Crippen LogP contribution is -2.49. The number of rotatable bonds is 9. The minimum absolute atomic E-state index is 0.408. The van der Waals surface area contributed by atoms with Crippen LogP contribution in [0.5, 0.6) is 0 Å². The summed E-state index contributed by atoms with van der Waals surface area (Å²) in [6, 6.07) is 0. The van der Waals surface area contributed by atoms with Gasteiger partial charge in [-0.05, 0) is 65.7 Å². The first-order valence-electron chi connectivity index (χ1n) is 7.41. The first kappa shape index (κ1) is 16.4. The highest BCUT2D eigenvalue weighted by Gasteiger charge is 2.24. The van der Waals surface area contributed by atoms with Crippen molar-refractivity contribution in [3.8, 4) is 0 Å². The van der Waals surface area contributed by atoms with Gasteiger partial charge in [-0.25, -0.2) is 0 Å². The Morgan fingerprint density at radius 1 is 1.26 bits per heavy atom. The van der Waals surface area contributed by atoms with E-state index in [2.05, 4.69) is 16.8 Å². The van der Waals surface area contributed by atoms with E-state index in [4.69, 9.17) is 11.5 Å². The zero-order valence-corrected chi connectivity index (χ0v) is 12.5. The maximum absolute atomic E-state index is 11.1. The van der Waals surface area contributed by atoms with Gasteiger partial charge in [0, 0.05) is 13.1 Å². The van der Waals surface area contributed by atoms with Gasteiger partial charge in [-0.15, -0.1) is 0 Å². The maximum atomic E-state index is 11.1. The summed E-state index contributed by atoms with van der Waals surface area (Å²) in [5, 5.41) is 0. The van der Waals surface area contributed by atoms with Gasteiger partial charge >= 0.3 is 0 Å². The molecular weight excluding hydrogens is 240 g/mol. The Labute approximate surface area is 117 Å². The topological polar surface area (TPSA) is 75.6 Å². The van der Waals surface area contributed by atoms with Gasteiger partial charge in [0.1, 0.15) is 0 Å². The lowest BCUT2D eigenvalue weighted by Gasteiger charge is -2.23. The Bertz CT molecular complexity index is 275. The number of likely N-dealkylation sites (N-methyl/N-ethyl adjacent to an activating group) is 1. The molecule has 0 spiro atoms. The summed E-state index contributed by atoms with van der Waals surface area (Å²) in [5.41, 5.74) is 10.2. The molecule has 1 heterocycles. The Balaban J connectivity index is 2.03. The first-order valence-corrected chi connectivity index (χ1v) is 7.41. The Kier molecular flexibility index (Phi) is 6.75. The molecule has 1 atom stereocenters. The summed E-state index contributed by atoms with van der Waals surface area (Å²) in [7, 11) is 2.16. The van der Waals surface area contributed by atoms with Crippen molar-refractivity contribution in [1.82, 2.24) is 9.80 Å². The van der Waals surface area contributed by atoms with Crippen LogP contribution in [0.3, 0.4) is 0 Å². The molecule has 0 aromatic heterocycles. The molecule has 1 aliphatic heterocycles. The number of hydrogen-bond acceptors (Lipinski definition) is 4. The lowest BCUT2D eigenvalue weighted by atomic mass is 9.95. The molecule has 0 aromatic carbocycles. The second kappa shape index (κ2) is 7.82. The van der Waals surface area contributed by atoms with Crippen LogP contribution >= 0.6 is 0 Å².